The van der Waals surface area contributed by atoms with Gasteiger partial charge in [0.2, 0.25) is 5.91 Å². The first-order chi connectivity index (χ1) is 8.95. The monoisotopic (exact) mass is 264 g/mol. The van der Waals surface area contributed by atoms with Crippen molar-refractivity contribution in [1.29, 1.82) is 0 Å². The molecule has 0 spiro atoms. The Kier molecular flexibility index (Phi) is 4.86. The largest absolute Gasteiger partial charge is 0.409 e. The highest BCUT2D eigenvalue weighted by molar-refractivity contribution is 6.06. The molecular weight excluding hydrogens is 244 g/mol. The van der Waals surface area contributed by atoms with E-state index in [0.717, 1.165) is 11.3 Å². The van der Waals surface area contributed by atoms with Crippen LogP contribution in [0.15, 0.2) is 23.5 Å². The van der Waals surface area contributed by atoms with Crippen molar-refractivity contribution in [3.05, 3.63) is 29.6 Å². The molecule has 1 amide bonds. The van der Waals surface area contributed by atoms with Gasteiger partial charge >= 0.3 is 0 Å². The van der Waals surface area contributed by atoms with E-state index in [9.17, 15) is 4.79 Å². The molecule has 1 heterocycles. The molecule has 1 aromatic rings. The van der Waals surface area contributed by atoms with Gasteiger partial charge in [0.05, 0.1) is 12.2 Å². The molecule has 0 aliphatic heterocycles. The van der Waals surface area contributed by atoms with Crippen molar-refractivity contribution in [2.75, 3.05) is 0 Å². The quantitative estimate of drug-likeness (QED) is 0.321. The van der Waals surface area contributed by atoms with Gasteiger partial charge in [0.15, 0.2) is 5.84 Å². The topological polar surface area (TPSA) is 101 Å². The Bertz CT molecular complexity index is 487. The molecule has 1 atom stereocenters. The maximum absolute atomic E-state index is 12.2. The first-order valence-corrected chi connectivity index (χ1v) is 6.12. The normalized spacial score (nSPS) is 14.8. The van der Waals surface area contributed by atoms with Crippen molar-refractivity contribution in [3.63, 3.8) is 0 Å². The van der Waals surface area contributed by atoms with E-state index in [-0.39, 0.29) is 11.7 Å². The molecule has 19 heavy (non-hydrogen) atoms. The Labute approximate surface area is 112 Å². The fourth-order valence-corrected chi connectivity index (χ4v) is 1.63. The van der Waals surface area contributed by atoms with Crippen molar-refractivity contribution >= 4 is 11.7 Å². The molecular formula is C13H20N4O2. The number of hydrogen-bond acceptors (Lipinski definition) is 4. The minimum atomic E-state index is -1.02. The molecule has 0 bridgehead atoms. The third-order valence-electron chi connectivity index (χ3n) is 3.42. The lowest BCUT2D eigenvalue weighted by Gasteiger charge is -2.25. The molecule has 104 valence electrons. The molecule has 0 aliphatic carbocycles. The molecule has 1 unspecified atom stereocenters. The molecule has 4 N–H and O–H groups in total. The zero-order valence-electron chi connectivity index (χ0n) is 11.5. The molecule has 0 radical (unpaired) electrons. The number of nitrogens with two attached hydrogens (primary N) is 1. The minimum absolute atomic E-state index is 0.0924. The van der Waals surface area contributed by atoms with Gasteiger partial charge in [-0.2, -0.15) is 0 Å². The summed E-state index contributed by atoms with van der Waals surface area (Å²) in [6.07, 6.45) is 2.12. The molecule has 6 heteroatoms. The number of hydrogen-bond donors (Lipinski definition) is 3. The third kappa shape index (κ3) is 3.21. The summed E-state index contributed by atoms with van der Waals surface area (Å²) in [4.78, 5) is 16.4. The van der Waals surface area contributed by atoms with Crippen molar-refractivity contribution in [2.24, 2.45) is 16.3 Å². The standard InChI is InChI=1S/C13H20N4O2/c1-4-13(3,11(14)17-19)12(18)16-8-10-9(2)6-5-7-15-10/h5-7,19H,4,8H2,1-3H3,(H2,14,17)(H,16,18). The maximum atomic E-state index is 12.2. The number of amides is 1. The minimum Gasteiger partial charge on any atom is -0.409 e. The Morgan fingerprint density at radius 1 is 1.63 bits per heavy atom. The highest BCUT2D eigenvalue weighted by atomic mass is 16.4. The predicted octanol–water partition coefficient (Wildman–Crippen LogP) is 1.17. The van der Waals surface area contributed by atoms with Gasteiger partial charge in [-0.15, -0.1) is 0 Å². The summed E-state index contributed by atoms with van der Waals surface area (Å²) in [5.74, 6) is -0.374. The average molecular weight is 264 g/mol. The lowest BCUT2D eigenvalue weighted by Crippen LogP contribution is -2.47. The summed E-state index contributed by atoms with van der Waals surface area (Å²) in [6.45, 7) is 5.70. The fraction of sp³-hybridized carbons (Fsp3) is 0.462. The highest BCUT2D eigenvalue weighted by Gasteiger charge is 2.36. The molecule has 0 saturated heterocycles. The zero-order chi connectivity index (χ0) is 14.5. The molecule has 0 aliphatic rings. The van der Waals surface area contributed by atoms with Crippen LogP contribution in [-0.2, 0) is 11.3 Å². The van der Waals surface area contributed by atoms with E-state index in [2.05, 4.69) is 15.5 Å². The van der Waals surface area contributed by atoms with Gasteiger partial charge in [-0.05, 0) is 31.9 Å². The van der Waals surface area contributed by atoms with E-state index in [1.54, 1.807) is 13.1 Å². The van der Waals surface area contributed by atoms with E-state index in [1.165, 1.54) is 0 Å². The Balaban J connectivity index is 2.78. The van der Waals surface area contributed by atoms with Crippen LogP contribution in [0.4, 0.5) is 0 Å². The van der Waals surface area contributed by atoms with E-state index >= 15 is 0 Å². The van der Waals surface area contributed by atoms with Crippen molar-refractivity contribution in [2.45, 2.75) is 33.7 Å². The fourth-order valence-electron chi connectivity index (χ4n) is 1.63. The first-order valence-electron chi connectivity index (χ1n) is 6.12. The lowest BCUT2D eigenvalue weighted by molar-refractivity contribution is -0.127. The Morgan fingerprint density at radius 3 is 2.84 bits per heavy atom. The summed E-state index contributed by atoms with van der Waals surface area (Å²) in [5.41, 5.74) is 6.37. The smallest absolute Gasteiger partial charge is 0.233 e. The van der Waals surface area contributed by atoms with Crippen LogP contribution in [0.2, 0.25) is 0 Å². The second-order valence-corrected chi connectivity index (χ2v) is 4.62. The predicted molar refractivity (Wildman–Crippen MR) is 72.6 cm³/mol. The number of aryl methyl sites for hydroxylation is 1. The average Bonchev–Trinajstić information content (AvgIpc) is 2.44. The molecule has 6 nitrogen and oxygen atoms in total. The number of carbonyl (C=O) groups is 1. The molecule has 0 saturated carbocycles. The van der Waals surface area contributed by atoms with Gasteiger partial charge in [0.1, 0.15) is 5.41 Å². The third-order valence-corrected chi connectivity index (χ3v) is 3.42. The number of nitrogens with zero attached hydrogens (tertiary/aromatic N) is 2. The van der Waals surface area contributed by atoms with Crippen LogP contribution >= 0.6 is 0 Å². The number of pyridine rings is 1. The SMILES string of the molecule is CCC(C)(C(=O)NCc1ncccc1C)/C(N)=N/O. The summed E-state index contributed by atoms with van der Waals surface area (Å²) < 4.78 is 0. The van der Waals surface area contributed by atoms with Crippen molar-refractivity contribution in [1.82, 2.24) is 10.3 Å². The zero-order valence-corrected chi connectivity index (χ0v) is 11.5. The Morgan fingerprint density at radius 2 is 2.32 bits per heavy atom. The molecule has 1 rings (SSSR count). The van der Waals surface area contributed by atoms with Crippen LogP contribution in [0.3, 0.4) is 0 Å². The van der Waals surface area contributed by atoms with Gasteiger partial charge in [-0.3, -0.25) is 9.78 Å². The summed E-state index contributed by atoms with van der Waals surface area (Å²) in [6, 6.07) is 3.77. The number of oxime groups is 1. The number of carbonyl (C=O) groups excluding carboxylic acids is 1. The van der Waals surface area contributed by atoms with Gasteiger partial charge in [-0.1, -0.05) is 18.1 Å². The van der Waals surface area contributed by atoms with E-state index in [0.29, 0.717) is 13.0 Å². The summed E-state index contributed by atoms with van der Waals surface area (Å²) >= 11 is 0. The van der Waals surface area contributed by atoms with Gasteiger partial charge in [0.25, 0.3) is 0 Å². The highest BCUT2D eigenvalue weighted by Crippen LogP contribution is 2.21. The number of aromatic nitrogens is 1. The molecule has 0 aromatic carbocycles. The Hall–Kier alpha value is -2.11. The maximum Gasteiger partial charge on any atom is 0.233 e. The van der Waals surface area contributed by atoms with Crippen LogP contribution in [0.1, 0.15) is 31.5 Å². The second kappa shape index (κ2) is 6.17. The van der Waals surface area contributed by atoms with Gasteiger partial charge in [0, 0.05) is 6.20 Å². The summed E-state index contributed by atoms with van der Waals surface area (Å²) in [5, 5.41) is 14.5. The van der Waals surface area contributed by atoms with Crippen molar-refractivity contribution in [3.8, 4) is 0 Å². The lowest BCUT2D eigenvalue weighted by atomic mass is 9.85. The van der Waals surface area contributed by atoms with Crippen molar-refractivity contribution < 1.29 is 10.0 Å². The summed E-state index contributed by atoms with van der Waals surface area (Å²) in [7, 11) is 0. The van der Waals surface area contributed by atoms with E-state index in [1.807, 2.05) is 26.0 Å². The van der Waals surface area contributed by atoms with E-state index < -0.39 is 5.41 Å². The van der Waals surface area contributed by atoms with Crippen LogP contribution in [0.25, 0.3) is 0 Å². The van der Waals surface area contributed by atoms with E-state index in [4.69, 9.17) is 10.9 Å². The van der Waals surface area contributed by atoms with Gasteiger partial charge in [-0.25, -0.2) is 0 Å². The number of rotatable bonds is 5. The second-order valence-electron chi connectivity index (χ2n) is 4.62. The first kappa shape index (κ1) is 14.9. The number of amidine groups is 1. The van der Waals surface area contributed by atoms with Crippen LogP contribution in [0, 0.1) is 12.3 Å². The van der Waals surface area contributed by atoms with Crippen LogP contribution < -0.4 is 11.1 Å². The molecule has 0 fully saturated rings. The van der Waals surface area contributed by atoms with Crippen LogP contribution in [0.5, 0.6) is 0 Å². The molecule has 1 aromatic heterocycles. The number of nitrogens with one attached hydrogen (secondary N) is 1. The van der Waals surface area contributed by atoms with Gasteiger partial charge < -0.3 is 16.3 Å². The van der Waals surface area contributed by atoms with Crippen LogP contribution in [-0.4, -0.2) is 21.9 Å².